The Morgan fingerprint density at radius 1 is 1.05 bits per heavy atom. The second-order valence-corrected chi connectivity index (χ2v) is 5.07. The number of anilines is 1. The molecule has 104 valence electrons. The van der Waals surface area contributed by atoms with Crippen molar-refractivity contribution in [2.75, 3.05) is 4.90 Å². The second kappa shape index (κ2) is 4.32. The van der Waals surface area contributed by atoms with Gasteiger partial charge in [-0.1, -0.05) is 12.1 Å². The lowest BCUT2D eigenvalue weighted by molar-refractivity contribution is 0.0924. The molecule has 1 aromatic carbocycles. The summed E-state index contributed by atoms with van der Waals surface area (Å²) in [5.41, 5.74) is 2.76. The van der Waals surface area contributed by atoms with Gasteiger partial charge < -0.3 is 4.57 Å². The van der Waals surface area contributed by atoms with Crippen LogP contribution in [-0.4, -0.2) is 16.4 Å². The summed E-state index contributed by atoms with van der Waals surface area (Å²) in [4.78, 5) is 26.2. The summed E-state index contributed by atoms with van der Waals surface area (Å²) in [6.07, 6.45) is 0. The maximum absolute atomic E-state index is 12.5. The molecule has 3 rings (SSSR count). The Morgan fingerprint density at radius 2 is 1.57 bits per heavy atom. The van der Waals surface area contributed by atoms with E-state index in [0.717, 1.165) is 16.2 Å². The summed E-state index contributed by atoms with van der Waals surface area (Å²) in [7, 11) is 1.75. The van der Waals surface area contributed by atoms with Gasteiger partial charge in [0, 0.05) is 12.7 Å². The molecule has 0 bridgehead atoms. The van der Waals surface area contributed by atoms with Crippen molar-refractivity contribution in [2.24, 2.45) is 7.05 Å². The van der Waals surface area contributed by atoms with Crippen molar-refractivity contribution >= 4 is 17.6 Å². The van der Waals surface area contributed by atoms with Crippen LogP contribution in [0.15, 0.2) is 24.3 Å². The van der Waals surface area contributed by atoms with Crippen molar-refractivity contribution in [3.63, 3.8) is 0 Å². The number of nitriles is 1. The zero-order valence-electron chi connectivity index (χ0n) is 12.0. The Balaban J connectivity index is 2.26. The monoisotopic (exact) mass is 279 g/mol. The van der Waals surface area contributed by atoms with Gasteiger partial charge in [0.1, 0.15) is 11.9 Å². The largest absolute Gasteiger partial charge is 0.333 e. The predicted octanol–water partition coefficient (Wildman–Crippen LogP) is 2.31. The van der Waals surface area contributed by atoms with Crippen LogP contribution < -0.4 is 4.90 Å². The molecule has 0 fully saturated rings. The standard InChI is InChI=1S/C16H13N3O2/c1-9-10(2)18(3)14(13(9)8-17)19-15(20)11-6-4-5-7-12(11)16(19)21/h4-7H,1-3H3. The number of hydrogen-bond acceptors (Lipinski definition) is 3. The topological polar surface area (TPSA) is 66.1 Å². The van der Waals surface area contributed by atoms with E-state index in [0.29, 0.717) is 22.5 Å². The molecule has 5 nitrogen and oxygen atoms in total. The maximum Gasteiger partial charge on any atom is 0.267 e. The molecular formula is C16H13N3O2. The summed E-state index contributed by atoms with van der Waals surface area (Å²) in [6, 6.07) is 8.81. The van der Waals surface area contributed by atoms with Crippen molar-refractivity contribution in [3.8, 4) is 6.07 Å². The summed E-state index contributed by atoms with van der Waals surface area (Å²) < 4.78 is 1.72. The number of hydrogen-bond donors (Lipinski definition) is 0. The van der Waals surface area contributed by atoms with Gasteiger partial charge >= 0.3 is 0 Å². The number of rotatable bonds is 1. The summed E-state index contributed by atoms with van der Waals surface area (Å²) in [5, 5.41) is 9.37. The van der Waals surface area contributed by atoms with Crippen LogP contribution in [0.1, 0.15) is 37.5 Å². The minimum atomic E-state index is -0.382. The van der Waals surface area contributed by atoms with E-state index in [4.69, 9.17) is 0 Å². The highest BCUT2D eigenvalue weighted by atomic mass is 16.2. The number of aromatic nitrogens is 1. The zero-order chi connectivity index (χ0) is 15.3. The number of imide groups is 1. The minimum absolute atomic E-state index is 0.346. The molecule has 0 aliphatic carbocycles. The molecule has 0 atom stereocenters. The SMILES string of the molecule is Cc1c(C#N)c(N2C(=O)c3ccccc3C2=O)n(C)c1C. The molecule has 0 spiro atoms. The Morgan fingerprint density at radius 3 is 2.05 bits per heavy atom. The number of amides is 2. The van der Waals surface area contributed by atoms with E-state index < -0.39 is 0 Å². The number of fused-ring (bicyclic) bond motifs is 1. The third kappa shape index (κ3) is 1.56. The zero-order valence-corrected chi connectivity index (χ0v) is 12.0. The van der Waals surface area contributed by atoms with Crippen molar-refractivity contribution in [3.05, 3.63) is 52.2 Å². The van der Waals surface area contributed by atoms with Crippen LogP contribution in [0, 0.1) is 25.2 Å². The number of carbonyl (C=O) groups is 2. The van der Waals surface area contributed by atoms with Crippen molar-refractivity contribution in [1.82, 2.24) is 4.57 Å². The van der Waals surface area contributed by atoms with Gasteiger partial charge in [-0.2, -0.15) is 5.26 Å². The van der Waals surface area contributed by atoms with E-state index in [-0.39, 0.29) is 11.8 Å². The van der Waals surface area contributed by atoms with E-state index in [1.807, 2.05) is 13.8 Å². The Hall–Kier alpha value is -2.87. The van der Waals surface area contributed by atoms with Gasteiger partial charge in [-0.15, -0.1) is 0 Å². The molecule has 2 amide bonds. The lowest BCUT2D eigenvalue weighted by atomic mass is 10.1. The first-order chi connectivity index (χ1) is 9.99. The van der Waals surface area contributed by atoms with Crippen LogP contribution in [0.2, 0.25) is 0 Å². The lowest BCUT2D eigenvalue weighted by Gasteiger charge is -2.16. The molecule has 0 saturated carbocycles. The van der Waals surface area contributed by atoms with Crippen molar-refractivity contribution in [2.45, 2.75) is 13.8 Å². The first kappa shape index (κ1) is 13.1. The lowest BCUT2D eigenvalue weighted by Crippen LogP contribution is -2.31. The summed E-state index contributed by atoms with van der Waals surface area (Å²) >= 11 is 0. The van der Waals surface area contributed by atoms with Crippen LogP contribution in [0.25, 0.3) is 0 Å². The van der Waals surface area contributed by atoms with E-state index in [2.05, 4.69) is 6.07 Å². The average molecular weight is 279 g/mol. The molecular weight excluding hydrogens is 266 g/mol. The molecule has 1 aliphatic heterocycles. The number of carbonyl (C=O) groups excluding carboxylic acids is 2. The van der Waals surface area contributed by atoms with E-state index >= 15 is 0 Å². The third-order valence-corrected chi connectivity index (χ3v) is 4.08. The average Bonchev–Trinajstić information content (AvgIpc) is 2.86. The fourth-order valence-corrected chi connectivity index (χ4v) is 2.70. The maximum atomic E-state index is 12.5. The van der Waals surface area contributed by atoms with Gasteiger partial charge in [-0.25, -0.2) is 4.90 Å². The normalized spacial score (nSPS) is 13.5. The Bertz CT molecular complexity index is 805. The first-order valence-electron chi connectivity index (χ1n) is 6.52. The van der Waals surface area contributed by atoms with Crippen LogP contribution in [-0.2, 0) is 7.05 Å². The van der Waals surface area contributed by atoms with Crippen LogP contribution >= 0.6 is 0 Å². The number of nitrogens with zero attached hydrogens (tertiary/aromatic N) is 3. The third-order valence-electron chi connectivity index (χ3n) is 4.08. The highest BCUT2D eigenvalue weighted by Crippen LogP contribution is 2.34. The van der Waals surface area contributed by atoms with Gasteiger partial charge in [-0.05, 0) is 31.5 Å². The van der Waals surface area contributed by atoms with Gasteiger partial charge in [0.25, 0.3) is 11.8 Å². The number of benzene rings is 1. The van der Waals surface area contributed by atoms with Gasteiger partial charge in [-0.3, -0.25) is 9.59 Å². The fourth-order valence-electron chi connectivity index (χ4n) is 2.70. The molecule has 0 N–H and O–H groups in total. The van der Waals surface area contributed by atoms with Crippen LogP contribution in [0.3, 0.4) is 0 Å². The highest BCUT2D eigenvalue weighted by molar-refractivity contribution is 6.34. The Kier molecular flexibility index (Phi) is 2.70. The van der Waals surface area contributed by atoms with Crippen LogP contribution in [0.4, 0.5) is 5.82 Å². The minimum Gasteiger partial charge on any atom is -0.333 e. The highest BCUT2D eigenvalue weighted by Gasteiger charge is 2.39. The van der Waals surface area contributed by atoms with E-state index in [9.17, 15) is 14.9 Å². The van der Waals surface area contributed by atoms with Gasteiger partial charge in [0.2, 0.25) is 0 Å². The second-order valence-electron chi connectivity index (χ2n) is 5.07. The van der Waals surface area contributed by atoms with Gasteiger partial charge in [0.05, 0.1) is 16.7 Å². The molecule has 2 heterocycles. The van der Waals surface area contributed by atoms with E-state index in [1.165, 1.54) is 0 Å². The van der Waals surface area contributed by atoms with Gasteiger partial charge in [0.15, 0.2) is 0 Å². The fraction of sp³-hybridized carbons (Fsp3) is 0.188. The first-order valence-corrected chi connectivity index (χ1v) is 6.52. The molecule has 5 heteroatoms. The molecule has 0 saturated heterocycles. The van der Waals surface area contributed by atoms with E-state index in [1.54, 1.807) is 35.9 Å². The van der Waals surface area contributed by atoms with Crippen LogP contribution in [0.5, 0.6) is 0 Å². The summed E-state index contributed by atoms with van der Waals surface area (Å²) in [6.45, 7) is 3.67. The Labute approximate surface area is 122 Å². The summed E-state index contributed by atoms with van der Waals surface area (Å²) in [5.74, 6) is -0.417. The smallest absolute Gasteiger partial charge is 0.267 e. The molecule has 0 unspecified atom stereocenters. The molecule has 21 heavy (non-hydrogen) atoms. The predicted molar refractivity (Wildman–Crippen MR) is 77.2 cm³/mol. The molecule has 1 aliphatic rings. The molecule has 1 aromatic heterocycles. The van der Waals surface area contributed by atoms with Crippen molar-refractivity contribution < 1.29 is 9.59 Å². The molecule has 0 radical (unpaired) electrons. The quantitative estimate of drug-likeness (QED) is 0.752. The van der Waals surface area contributed by atoms with Crippen molar-refractivity contribution in [1.29, 1.82) is 5.26 Å². The molecule has 2 aromatic rings.